The summed E-state index contributed by atoms with van der Waals surface area (Å²) in [5.74, 6) is 1.75. The molecule has 0 unspecified atom stereocenters. The molecule has 0 radical (unpaired) electrons. The van der Waals surface area contributed by atoms with Gasteiger partial charge in [-0.1, -0.05) is 13.8 Å². The van der Waals surface area contributed by atoms with Gasteiger partial charge in [0.1, 0.15) is 11.5 Å². The number of hydrogen-bond acceptors (Lipinski definition) is 4. The molecule has 0 saturated heterocycles. The van der Waals surface area contributed by atoms with Gasteiger partial charge in [-0.25, -0.2) is 0 Å². The molecule has 0 aliphatic rings. The first-order valence-corrected chi connectivity index (χ1v) is 6.15. The molecular weight excluding hydrogens is 266 g/mol. The molecule has 0 fully saturated rings. The van der Waals surface area contributed by atoms with Gasteiger partial charge in [0.05, 0.1) is 26.4 Å². The third kappa shape index (κ3) is 4.90. The van der Waals surface area contributed by atoms with Gasteiger partial charge in [0, 0.05) is 11.6 Å². The van der Waals surface area contributed by atoms with Crippen LogP contribution in [0.4, 0.5) is 0 Å². The number of hydrogen-bond donors (Lipinski definition) is 2. The van der Waals surface area contributed by atoms with Crippen molar-refractivity contribution in [2.75, 3.05) is 14.2 Å². The van der Waals surface area contributed by atoms with E-state index in [9.17, 15) is 5.11 Å². The Hall–Kier alpha value is -0.970. The Balaban J connectivity index is 0.00000324. The second-order valence-electron chi connectivity index (χ2n) is 4.83. The van der Waals surface area contributed by atoms with E-state index in [0.29, 0.717) is 23.8 Å². The lowest BCUT2D eigenvalue weighted by molar-refractivity contribution is 0.120. The molecule has 4 nitrogen and oxygen atoms in total. The molecule has 5 heteroatoms. The van der Waals surface area contributed by atoms with Crippen molar-refractivity contribution in [3.63, 3.8) is 0 Å². The molecule has 3 N–H and O–H groups in total. The SMILES string of the molecule is COc1ccc([C@@H](N)[C@@H](O)CC(C)C)c(OC)c1.Cl. The maximum atomic E-state index is 10.1. The van der Waals surface area contributed by atoms with Crippen molar-refractivity contribution in [2.45, 2.75) is 32.4 Å². The largest absolute Gasteiger partial charge is 0.497 e. The van der Waals surface area contributed by atoms with E-state index in [-0.39, 0.29) is 12.4 Å². The zero-order valence-electron chi connectivity index (χ0n) is 11.9. The number of nitrogens with two attached hydrogens (primary N) is 1. The zero-order chi connectivity index (χ0) is 13.7. The topological polar surface area (TPSA) is 64.7 Å². The molecule has 0 spiro atoms. The fourth-order valence-corrected chi connectivity index (χ4v) is 1.93. The average Bonchev–Trinajstić information content (AvgIpc) is 2.36. The molecule has 0 aliphatic carbocycles. The minimum absolute atomic E-state index is 0. The minimum Gasteiger partial charge on any atom is -0.497 e. The van der Waals surface area contributed by atoms with Gasteiger partial charge in [0.15, 0.2) is 0 Å². The van der Waals surface area contributed by atoms with Crippen molar-refractivity contribution in [3.8, 4) is 11.5 Å². The lowest BCUT2D eigenvalue weighted by atomic mass is 9.95. The molecule has 0 aliphatic heterocycles. The van der Waals surface area contributed by atoms with Crippen LogP contribution in [0.25, 0.3) is 0 Å². The first kappa shape index (κ1) is 18.0. The monoisotopic (exact) mass is 289 g/mol. The van der Waals surface area contributed by atoms with Gasteiger partial charge >= 0.3 is 0 Å². The second-order valence-corrected chi connectivity index (χ2v) is 4.83. The van der Waals surface area contributed by atoms with Gasteiger partial charge in [-0.3, -0.25) is 0 Å². The quantitative estimate of drug-likeness (QED) is 0.845. The van der Waals surface area contributed by atoms with Crippen LogP contribution in [0, 0.1) is 5.92 Å². The number of aliphatic hydroxyl groups excluding tert-OH is 1. The average molecular weight is 290 g/mol. The van der Waals surface area contributed by atoms with E-state index < -0.39 is 12.1 Å². The maximum Gasteiger partial charge on any atom is 0.127 e. The number of methoxy groups -OCH3 is 2. The van der Waals surface area contributed by atoms with Crippen LogP contribution >= 0.6 is 12.4 Å². The van der Waals surface area contributed by atoms with E-state index in [1.54, 1.807) is 20.3 Å². The summed E-state index contributed by atoms with van der Waals surface area (Å²) < 4.78 is 10.4. The van der Waals surface area contributed by atoms with Crippen LogP contribution in [0.15, 0.2) is 18.2 Å². The van der Waals surface area contributed by atoms with Crippen LogP contribution < -0.4 is 15.2 Å². The van der Waals surface area contributed by atoms with Crippen LogP contribution in [0.1, 0.15) is 31.9 Å². The predicted octanol–water partition coefficient (Wildman–Crippen LogP) is 2.53. The highest BCUT2D eigenvalue weighted by Crippen LogP contribution is 2.31. The summed E-state index contributed by atoms with van der Waals surface area (Å²) in [6.07, 6.45) is 0.0865. The third-order valence-electron chi connectivity index (χ3n) is 2.93. The number of benzene rings is 1. The van der Waals surface area contributed by atoms with Gasteiger partial charge in [0.2, 0.25) is 0 Å². The summed E-state index contributed by atoms with van der Waals surface area (Å²) in [4.78, 5) is 0. The van der Waals surface area contributed by atoms with Crippen molar-refractivity contribution in [1.82, 2.24) is 0 Å². The Labute approximate surface area is 121 Å². The Bertz CT molecular complexity index is 385. The maximum absolute atomic E-state index is 10.1. The smallest absolute Gasteiger partial charge is 0.127 e. The van der Waals surface area contributed by atoms with Crippen LogP contribution in [0.3, 0.4) is 0 Å². The zero-order valence-corrected chi connectivity index (χ0v) is 12.7. The first-order chi connectivity index (χ1) is 8.49. The number of aliphatic hydroxyl groups is 1. The molecule has 1 aromatic rings. The Morgan fingerprint density at radius 1 is 1.21 bits per heavy atom. The fourth-order valence-electron chi connectivity index (χ4n) is 1.93. The van der Waals surface area contributed by atoms with E-state index in [1.165, 1.54) is 0 Å². The normalized spacial score (nSPS) is 13.6. The van der Waals surface area contributed by atoms with Gasteiger partial charge in [-0.2, -0.15) is 0 Å². The highest BCUT2D eigenvalue weighted by atomic mass is 35.5. The van der Waals surface area contributed by atoms with Gasteiger partial charge in [-0.05, 0) is 24.5 Å². The first-order valence-electron chi connectivity index (χ1n) is 6.15. The third-order valence-corrected chi connectivity index (χ3v) is 2.93. The van der Waals surface area contributed by atoms with E-state index in [2.05, 4.69) is 13.8 Å². The summed E-state index contributed by atoms with van der Waals surface area (Å²) in [6.45, 7) is 4.11. The lowest BCUT2D eigenvalue weighted by Gasteiger charge is -2.22. The summed E-state index contributed by atoms with van der Waals surface area (Å²) in [5.41, 5.74) is 6.88. The predicted molar refractivity (Wildman–Crippen MR) is 79.2 cm³/mol. The van der Waals surface area contributed by atoms with Crippen molar-refractivity contribution in [1.29, 1.82) is 0 Å². The van der Waals surface area contributed by atoms with Crippen molar-refractivity contribution in [2.24, 2.45) is 11.7 Å². The summed E-state index contributed by atoms with van der Waals surface area (Å²) in [6, 6.07) is 4.98. The summed E-state index contributed by atoms with van der Waals surface area (Å²) >= 11 is 0. The van der Waals surface area contributed by atoms with Gasteiger partial charge < -0.3 is 20.3 Å². The van der Waals surface area contributed by atoms with E-state index in [0.717, 1.165) is 5.56 Å². The molecular formula is C14H24ClNO3. The molecule has 0 heterocycles. The summed E-state index contributed by atoms with van der Waals surface area (Å²) in [7, 11) is 3.18. The highest BCUT2D eigenvalue weighted by molar-refractivity contribution is 5.85. The Kier molecular flexibility index (Phi) is 7.83. The second kappa shape index (κ2) is 8.25. The molecule has 0 bridgehead atoms. The Morgan fingerprint density at radius 2 is 1.84 bits per heavy atom. The highest BCUT2D eigenvalue weighted by Gasteiger charge is 2.21. The van der Waals surface area contributed by atoms with E-state index in [1.807, 2.05) is 12.1 Å². The van der Waals surface area contributed by atoms with E-state index in [4.69, 9.17) is 15.2 Å². The van der Waals surface area contributed by atoms with Crippen LogP contribution in [0.2, 0.25) is 0 Å². The molecule has 0 saturated carbocycles. The number of halogens is 1. The number of ether oxygens (including phenoxy) is 2. The summed E-state index contributed by atoms with van der Waals surface area (Å²) in [5, 5.41) is 10.1. The molecule has 110 valence electrons. The van der Waals surface area contributed by atoms with Gasteiger partial charge in [-0.15, -0.1) is 12.4 Å². The molecule has 0 amide bonds. The Morgan fingerprint density at radius 3 is 2.32 bits per heavy atom. The van der Waals surface area contributed by atoms with Crippen molar-refractivity contribution >= 4 is 12.4 Å². The molecule has 1 rings (SSSR count). The molecule has 1 aromatic carbocycles. The van der Waals surface area contributed by atoms with Crippen LogP contribution in [-0.4, -0.2) is 25.4 Å². The molecule has 19 heavy (non-hydrogen) atoms. The molecule has 0 aromatic heterocycles. The standard InChI is InChI=1S/C14H23NO3.ClH/c1-9(2)7-12(16)14(15)11-6-5-10(17-3)8-13(11)18-4;/h5-6,8-9,12,14,16H,7,15H2,1-4H3;1H/t12-,14+;/m0./s1. The molecule has 2 atom stereocenters. The number of rotatable bonds is 6. The lowest BCUT2D eigenvalue weighted by Crippen LogP contribution is -2.27. The fraction of sp³-hybridized carbons (Fsp3) is 0.571. The van der Waals surface area contributed by atoms with Crippen LogP contribution in [-0.2, 0) is 0 Å². The van der Waals surface area contributed by atoms with Crippen molar-refractivity contribution < 1.29 is 14.6 Å². The van der Waals surface area contributed by atoms with Crippen LogP contribution in [0.5, 0.6) is 11.5 Å². The van der Waals surface area contributed by atoms with Crippen molar-refractivity contribution in [3.05, 3.63) is 23.8 Å². The van der Waals surface area contributed by atoms with E-state index >= 15 is 0 Å². The van der Waals surface area contributed by atoms with Gasteiger partial charge in [0.25, 0.3) is 0 Å². The minimum atomic E-state index is -0.577.